The molecule has 0 bridgehead atoms. The summed E-state index contributed by atoms with van der Waals surface area (Å²) in [7, 11) is 0. The molecule has 0 saturated heterocycles. The number of ether oxygens (including phenoxy) is 1. The lowest BCUT2D eigenvalue weighted by molar-refractivity contribution is -0.138. The van der Waals surface area contributed by atoms with Gasteiger partial charge in [0.1, 0.15) is 11.9 Å². The third-order valence-electron chi connectivity index (χ3n) is 6.36. The number of carboxylic acids is 1. The first-order valence-corrected chi connectivity index (χ1v) is 12.4. The van der Waals surface area contributed by atoms with Gasteiger partial charge in [-0.25, -0.2) is 0 Å². The van der Waals surface area contributed by atoms with Crippen LogP contribution in [0.4, 0.5) is 5.69 Å². The number of hydrogen-bond acceptors (Lipinski definition) is 3. The maximum absolute atomic E-state index is 12.9. The second-order valence-corrected chi connectivity index (χ2v) is 9.64. The van der Waals surface area contributed by atoms with E-state index in [0.29, 0.717) is 22.9 Å². The smallest absolute Gasteiger partial charge is 0.307 e. The number of nitrogens with one attached hydrogen (secondary N) is 1. The van der Waals surface area contributed by atoms with Gasteiger partial charge in [0.25, 0.3) is 0 Å². The molecule has 6 heteroatoms. The van der Waals surface area contributed by atoms with Crippen LogP contribution in [0.3, 0.4) is 0 Å². The van der Waals surface area contributed by atoms with Crippen LogP contribution < -0.4 is 10.1 Å². The lowest BCUT2D eigenvalue weighted by Crippen LogP contribution is -2.16. The molecule has 182 valence electrons. The van der Waals surface area contributed by atoms with Crippen molar-refractivity contribution in [2.75, 3.05) is 5.32 Å². The van der Waals surface area contributed by atoms with E-state index >= 15 is 0 Å². The monoisotopic (exact) mass is 491 g/mol. The van der Waals surface area contributed by atoms with Gasteiger partial charge in [-0.3, -0.25) is 9.59 Å². The summed E-state index contributed by atoms with van der Waals surface area (Å²) < 4.78 is 6.43. The molecule has 5 nitrogen and oxygen atoms in total. The molecule has 0 aromatic heterocycles. The molecule has 4 rings (SSSR count). The minimum Gasteiger partial charge on any atom is -0.484 e. The van der Waals surface area contributed by atoms with E-state index in [1.807, 2.05) is 73.7 Å². The predicted octanol–water partition coefficient (Wildman–Crippen LogP) is 6.94. The number of benzene rings is 3. The van der Waals surface area contributed by atoms with Gasteiger partial charge in [-0.1, -0.05) is 73.0 Å². The number of carboxylic acid groups (broad SMARTS) is 1. The Morgan fingerprint density at radius 3 is 2.43 bits per heavy atom. The quantitative estimate of drug-likeness (QED) is 0.322. The van der Waals surface area contributed by atoms with Crippen LogP contribution in [-0.4, -0.2) is 17.0 Å². The molecule has 1 fully saturated rings. The van der Waals surface area contributed by atoms with Gasteiger partial charge in [-0.05, 0) is 66.6 Å². The Labute approximate surface area is 211 Å². The van der Waals surface area contributed by atoms with Crippen LogP contribution in [0, 0.1) is 12.8 Å². The van der Waals surface area contributed by atoms with E-state index in [2.05, 4.69) is 12.2 Å². The molecule has 3 aromatic rings. The number of amides is 1. The summed E-state index contributed by atoms with van der Waals surface area (Å²) in [5.74, 6) is -0.797. The molecule has 0 heterocycles. The van der Waals surface area contributed by atoms with Crippen LogP contribution in [0.25, 0.3) is 0 Å². The average molecular weight is 492 g/mol. The minimum absolute atomic E-state index is 0.0444. The van der Waals surface area contributed by atoms with Crippen LogP contribution in [-0.2, 0) is 16.0 Å². The first-order valence-electron chi connectivity index (χ1n) is 12.0. The third kappa shape index (κ3) is 6.43. The molecule has 1 saturated carbocycles. The second kappa shape index (κ2) is 11.0. The van der Waals surface area contributed by atoms with Gasteiger partial charge in [0, 0.05) is 5.02 Å². The van der Waals surface area contributed by atoms with Crippen LogP contribution in [0.15, 0.2) is 66.7 Å². The number of rotatable bonds is 10. The molecule has 3 aromatic carbocycles. The molecule has 35 heavy (non-hydrogen) atoms. The fourth-order valence-electron chi connectivity index (χ4n) is 4.29. The largest absolute Gasteiger partial charge is 0.484 e. The lowest BCUT2D eigenvalue weighted by Gasteiger charge is -2.22. The van der Waals surface area contributed by atoms with Gasteiger partial charge < -0.3 is 15.2 Å². The molecule has 1 aliphatic carbocycles. The summed E-state index contributed by atoms with van der Waals surface area (Å²) in [5.41, 5.74) is 4.52. The minimum atomic E-state index is -0.786. The van der Waals surface area contributed by atoms with Crippen LogP contribution >= 0.6 is 11.6 Å². The summed E-state index contributed by atoms with van der Waals surface area (Å²) in [6.45, 7) is 4.10. The fraction of sp³-hybridized carbons (Fsp3) is 0.310. The van der Waals surface area contributed by atoms with Gasteiger partial charge in [-0.2, -0.15) is 0 Å². The standard InChI is InChI=1S/C29H30ClNO4/c1-3-4-26(20-9-12-22(30)13-10-20)35-27-14-11-21(23-17-24(23)29(33)34)16-25(27)31-28(32)15-19-7-5-18(2)6-8-19/h5-14,16,23-24,26H,3-4,15,17H2,1-2H3,(H,31,32)(H,33,34)/t23-,24-,26?/m0/s1. The highest BCUT2D eigenvalue weighted by molar-refractivity contribution is 6.30. The molecular formula is C29H30ClNO4. The number of carbonyl (C=O) groups excluding carboxylic acids is 1. The molecule has 1 aliphatic rings. The van der Waals surface area contributed by atoms with Gasteiger partial charge in [0.05, 0.1) is 18.0 Å². The first-order chi connectivity index (χ1) is 16.8. The van der Waals surface area contributed by atoms with Crippen molar-refractivity contribution in [3.8, 4) is 5.75 Å². The summed E-state index contributed by atoms with van der Waals surface area (Å²) in [6, 6.07) is 21.1. The number of anilines is 1. The number of halogens is 1. The van der Waals surface area contributed by atoms with Gasteiger partial charge in [-0.15, -0.1) is 0 Å². The zero-order valence-corrected chi connectivity index (χ0v) is 20.7. The van der Waals surface area contributed by atoms with Gasteiger partial charge >= 0.3 is 5.97 Å². The van der Waals surface area contributed by atoms with Crippen molar-refractivity contribution < 1.29 is 19.4 Å². The summed E-state index contributed by atoms with van der Waals surface area (Å²) in [4.78, 5) is 24.3. The predicted molar refractivity (Wildman–Crippen MR) is 138 cm³/mol. The highest BCUT2D eigenvalue weighted by atomic mass is 35.5. The van der Waals surface area contributed by atoms with E-state index in [1.165, 1.54) is 0 Å². The number of aryl methyl sites for hydroxylation is 1. The molecule has 2 N–H and O–H groups in total. The van der Waals surface area contributed by atoms with E-state index in [-0.39, 0.29) is 30.3 Å². The molecule has 0 aliphatic heterocycles. The van der Waals surface area contributed by atoms with E-state index in [0.717, 1.165) is 35.1 Å². The zero-order valence-electron chi connectivity index (χ0n) is 20.0. The Kier molecular flexibility index (Phi) is 7.76. The molecule has 0 radical (unpaired) electrons. The Morgan fingerprint density at radius 2 is 1.80 bits per heavy atom. The Balaban J connectivity index is 1.59. The molecular weight excluding hydrogens is 462 g/mol. The molecule has 3 atom stereocenters. The molecule has 1 unspecified atom stereocenters. The third-order valence-corrected chi connectivity index (χ3v) is 6.61. The van der Waals surface area contributed by atoms with Crippen molar-refractivity contribution >= 4 is 29.2 Å². The summed E-state index contributed by atoms with van der Waals surface area (Å²) >= 11 is 6.07. The Bertz CT molecular complexity index is 1190. The molecule has 0 spiro atoms. The highest BCUT2D eigenvalue weighted by Crippen LogP contribution is 2.49. The van der Waals surface area contributed by atoms with E-state index in [9.17, 15) is 14.7 Å². The van der Waals surface area contributed by atoms with Crippen molar-refractivity contribution in [2.45, 2.75) is 51.6 Å². The van der Waals surface area contributed by atoms with Crippen LogP contribution in [0.2, 0.25) is 5.02 Å². The van der Waals surface area contributed by atoms with Crippen molar-refractivity contribution in [3.05, 3.63) is 94.0 Å². The number of hydrogen-bond donors (Lipinski definition) is 2. The zero-order chi connectivity index (χ0) is 24.9. The Morgan fingerprint density at radius 1 is 1.09 bits per heavy atom. The maximum Gasteiger partial charge on any atom is 0.307 e. The van der Waals surface area contributed by atoms with Gasteiger partial charge in [0.15, 0.2) is 0 Å². The van der Waals surface area contributed by atoms with Crippen LogP contribution in [0.1, 0.15) is 60.5 Å². The topological polar surface area (TPSA) is 75.6 Å². The summed E-state index contributed by atoms with van der Waals surface area (Å²) in [5, 5.41) is 13.0. The van der Waals surface area contributed by atoms with Crippen LogP contribution in [0.5, 0.6) is 5.75 Å². The lowest BCUT2D eigenvalue weighted by atomic mass is 10.0. The van der Waals surface area contributed by atoms with E-state index < -0.39 is 5.97 Å². The Hall–Kier alpha value is -3.31. The van der Waals surface area contributed by atoms with Crippen molar-refractivity contribution in [1.82, 2.24) is 0 Å². The first kappa shape index (κ1) is 24.8. The SMILES string of the molecule is CCCC(Oc1ccc([C@@H]2C[C@@H]2C(=O)O)cc1NC(=O)Cc1ccc(C)cc1)c1ccc(Cl)cc1. The molecule has 1 amide bonds. The van der Waals surface area contributed by atoms with E-state index in [4.69, 9.17) is 16.3 Å². The number of aliphatic carboxylic acids is 1. The maximum atomic E-state index is 12.9. The average Bonchev–Trinajstić information content (AvgIpc) is 3.63. The van der Waals surface area contributed by atoms with Crippen molar-refractivity contribution in [3.63, 3.8) is 0 Å². The van der Waals surface area contributed by atoms with Gasteiger partial charge in [0.2, 0.25) is 5.91 Å². The van der Waals surface area contributed by atoms with E-state index in [1.54, 1.807) is 0 Å². The normalized spacial score (nSPS) is 17.5. The van der Waals surface area contributed by atoms with Crippen molar-refractivity contribution in [1.29, 1.82) is 0 Å². The van der Waals surface area contributed by atoms with Crippen molar-refractivity contribution in [2.24, 2.45) is 5.92 Å². The highest BCUT2D eigenvalue weighted by Gasteiger charge is 2.44. The summed E-state index contributed by atoms with van der Waals surface area (Å²) in [6.07, 6.45) is 2.35. The number of carbonyl (C=O) groups is 2. The fourth-order valence-corrected chi connectivity index (χ4v) is 4.41. The second-order valence-electron chi connectivity index (χ2n) is 9.20.